The van der Waals surface area contributed by atoms with Crippen LogP contribution in [0.25, 0.3) is 5.52 Å². The zero-order valence-electron chi connectivity index (χ0n) is 15.0. The minimum absolute atomic E-state index is 0.309. The van der Waals surface area contributed by atoms with Crippen LogP contribution < -0.4 is 4.90 Å². The van der Waals surface area contributed by atoms with Crippen molar-refractivity contribution in [2.45, 2.75) is 37.6 Å². The second-order valence-electron chi connectivity index (χ2n) is 7.42. The highest BCUT2D eigenvalue weighted by atomic mass is 19.1. The highest BCUT2D eigenvalue weighted by Gasteiger charge is 2.36. The molecule has 8 nitrogen and oxygen atoms in total. The number of anilines is 1. The lowest BCUT2D eigenvalue weighted by Gasteiger charge is -2.32. The van der Waals surface area contributed by atoms with E-state index in [0.29, 0.717) is 35.6 Å². The summed E-state index contributed by atoms with van der Waals surface area (Å²) in [5.41, 5.74) is 3.04. The summed E-state index contributed by atoms with van der Waals surface area (Å²) in [5.74, 6) is 0.763. The van der Waals surface area contributed by atoms with Crippen molar-refractivity contribution in [3.8, 4) is 0 Å². The molecule has 1 aliphatic heterocycles. The molecule has 4 aromatic rings. The van der Waals surface area contributed by atoms with Gasteiger partial charge in [-0.3, -0.25) is 0 Å². The van der Waals surface area contributed by atoms with Gasteiger partial charge in [0.05, 0.1) is 17.7 Å². The molecule has 28 heavy (non-hydrogen) atoms. The Morgan fingerprint density at radius 2 is 2.18 bits per heavy atom. The standard InChI is InChI=1S/C19H18FN7O/c20-12-5-2-7-27-15(12)9-14(25-27)17-16-13(21-10-22-16)6-8-26(17)19-24-23-18(28-19)11-3-1-4-11/h2,5,7,9-11,17H,1,3-4,6,8H2,(H,21,22). The molecule has 1 unspecified atom stereocenters. The lowest BCUT2D eigenvalue weighted by molar-refractivity contribution is 0.333. The van der Waals surface area contributed by atoms with Gasteiger partial charge in [0, 0.05) is 30.8 Å². The van der Waals surface area contributed by atoms with Gasteiger partial charge < -0.3 is 14.3 Å². The third kappa shape index (κ3) is 2.28. The highest BCUT2D eigenvalue weighted by Crippen LogP contribution is 2.39. The molecule has 1 N–H and O–H groups in total. The second kappa shape index (κ2) is 5.88. The molecule has 0 amide bonds. The van der Waals surface area contributed by atoms with E-state index in [2.05, 4.69) is 25.3 Å². The van der Waals surface area contributed by atoms with Crippen molar-refractivity contribution in [2.75, 3.05) is 11.4 Å². The summed E-state index contributed by atoms with van der Waals surface area (Å²) < 4.78 is 21.8. The zero-order chi connectivity index (χ0) is 18.7. The molecular formula is C19H18FN7O. The van der Waals surface area contributed by atoms with E-state index in [9.17, 15) is 4.39 Å². The van der Waals surface area contributed by atoms with Gasteiger partial charge in [0.2, 0.25) is 5.89 Å². The lowest BCUT2D eigenvalue weighted by Crippen LogP contribution is -2.37. The Morgan fingerprint density at radius 3 is 3.00 bits per heavy atom. The van der Waals surface area contributed by atoms with E-state index in [1.807, 2.05) is 4.90 Å². The lowest BCUT2D eigenvalue weighted by atomic mass is 9.85. The first kappa shape index (κ1) is 15.8. The van der Waals surface area contributed by atoms with E-state index in [1.165, 1.54) is 12.5 Å². The first-order valence-electron chi connectivity index (χ1n) is 9.54. The number of nitrogens with zero attached hydrogens (tertiary/aromatic N) is 6. The summed E-state index contributed by atoms with van der Waals surface area (Å²) in [5, 5.41) is 13.2. The average molecular weight is 379 g/mol. The van der Waals surface area contributed by atoms with Crippen LogP contribution in [0.5, 0.6) is 0 Å². The zero-order valence-corrected chi connectivity index (χ0v) is 15.0. The third-order valence-corrected chi connectivity index (χ3v) is 5.80. The number of rotatable bonds is 3. The fourth-order valence-electron chi connectivity index (χ4n) is 4.08. The van der Waals surface area contributed by atoms with Crippen molar-refractivity contribution >= 4 is 11.5 Å². The molecule has 4 aromatic heterocycles. The summed E-state index contributed by atoms with van der Waals surface area (Å²) in [7, 11) is 0. The Morgan fingerprint density at radius 1 is 1.25 bits per heavy atom. The Balaban J connectivity index is 1.46. The molecule has 0 aromatic carbocycles. The molecule has 0 spiro atoms. The monoisotopic (exact) mass is 379 g/mol. The molecule has 1 saturated carbocycles. The van der Waals surface area contributed by atoms with Crippen molar-refractivity contribution in [2.24, 2.45) is 0 Å². The average Bonchev–Trinajstić information content (AvgIpc) is 3.38. The maximum Gasteiger partial charge on any atom is 0.319 e. The van der Waals surface area contributed by atoms with Crippen molar-refractivity contribution in [3.05, 3.63) is 59.5 Å². The van der Waals surface area contributed by atoms with Gasteiger partial charge in [-0.25, -0.2) is 13.9 Å². The molecule has 0 saturated heterocycles. The number of hydrogen-bond donors (Lipinski definition) is 1. The third-order valence-electron chi connectivity index (χ3n) is 5.80. The molecule has 0 bridgehead atoms. The normalized spacial score (nSPS) is 19.8. The smallest absolute Gasteiger partial charge is 0.319 e. The van der Waals surface area contributed by atoms with Crippen LogP contribution in [0.4, 0.5) is 10.4 Å². The number of hydrogen-bond acceptors (Lipinski definition) is 6. The molecule has 0 radical (unpaired) electrons. The highest BCUT2D eigenvalue weighted by molar-refractivity contribution is 5.52. The Hall–Kier alpha value is -3.23. The predicted octanol–water partition coefficient (Wildman–Crippen LogP) is 3.00. The van der Waals surface area contributed by atoms with Gasteiger partial charge >= 0.3 is 6.01 Å². The minimum atomic E-state index is -0.316. The number of nitrogens with one attached hydrogen (secondary N) is 1. The summed E-state index contributed by atoms with van der Waals surface area (Å²) in [4.78, 5) is 9.75. The quantitative estimate of drug-likeness (QED) is 0.589. The fraction of sp³-hybridized carbons (Fsp3) is 0.368. The number of H-pyrrole nitrogens is 1. The number of aromatic nitrogens is 6. The van der Waals surface area contributed by atoms with Crippen LogP contribution in [0.1, 0.15) is 54.2 Å². The van der Waals surface area contributed by atoms with E-state index in [-0.39, 0.29) is 11.9 Å². The SMILES string of the molecule is Fc1cccn2nc(C3c4nc[nH]c4CCN3c3nnc(C4CCC4)o3)cc12. The maximum atomic E-state index is 14.2. The Labute approximate surface area is 159 Å². The van der Waals surface area contributed by atoms with Gasteiger partial charge in [-0.2, -0.15) is 5.10 Å². The van der Waals surface area contributed by atoms with Crippen LogP contribution >= 0.6 is 0 Å². The summed E-state index contributed by atoms with van der Waals surface area (Å²) in [6.45, 7) is 0.683. The molecule has 1 atom stereocenters. The van der Waals surface area contributed by atoms with Crippen molar-refractivity contribution in [3.63, 3.8) is 0 Å². The van der Waals surface area contributed by atoms with Gasteiger partial charge in [0.25, 0.3) is 0 Å². The van der Waals surface area contributed by atoms with Crippen LogP contribution in [-0.2, 0) is 6.42 Å². The molecular weight excluding hydrogens is 361 g/mol. The number of halogens is 1. The van der Waals surface area contributed by atoms with Crippen LogP contribution in [-0.4, -0.2) is 36.3 Å². The Kier molecular flexibility index (Phi) is 3.32. The summed E-state index contributed by atoms with van der Waals surface area (Å²) >= 11 is 0. The van der Waals surface area contributed by atoms with Gasteiger partial charge in [-0.15, -0.1) is 5.10 Å². The maximum absolute atomic E-state index is 14.2. The molecule has 5 heterocycles. The number of fused-ring (bicyclic) bond motifs is 2. The Bertz CT molecular complexity index is 1160. The fourth-order valence-corrected chi connectivity index (χ4v) is 4.08. The number of aromatic amines is 1. The van der Waals surface area contributed by atoms with Gasteiger partial charge in [0.15, 0.2) is 0 Å². The summed E-state index contributed by atoms with van der Waals surface area (Å²) in [6.07, 6.45) is 7.61. The molecule has 6 rings (SSSR count). The predicted molar refractivity (Wildman–Crippen MR) is 97.5 cm³/mol. The van der Waals surface area contributed by atoms with E-state index in [4.69, 9.17) is 4.42 Å². The van der Waals surface area contributed by atoms with Gasteiger partial charge in [0.1, 0.15) is 17.4 Å². The van der Waals surface area contributed by atoms with E-state index in [1.54, 1.807) is 29.2 Å². The summed E-state index contributed by atoms with van der Waals surface area (Å²) in [6, 6.07) is 4.99. The van der Waals surface area contributed by atoms with Crippen LogP contribution in [0.3, 0.4) is 0 Å². The van der Waals surface area contributed by atoms with Crippen LogP contribution in [0.15, 0.2) is 35.1 Å². The van der Waals surface area contributed by atoms with E-state index >= 15 is 0 Å². The van der Waals surface area contributed by atoms with Crippen LogP contribution in [0, 0.1) is 5.82 Å². The molecule has 9 heteroatoms. The second-order valence-corrected chi connectivity index (χ2v) is 7.42. The number of imidazole rings is 1. The van der Waals surface area contributed by atoms with Gasteiger partial charge in [-0.05, 0) is 31.0 Å². The molecule has 1 aliphatic carbocycles. The van der Waals surface area contributed by atoms with Gasteiger partial charge in [-0.1, -0.05) is 11.5 Å². The van der Waals surface area contributed by atoms with Crippen LogP contribution in [0.2, 0.25) is 0 Å². The topological polar surface area (TPSA) is 88.1 Å². The van der Waals surface area contributed by atoms with E-state index in [0.717, 1.165) is 30.7 Å². The molecule has 1 fully saturated rings. The first-order chi connectivity index (χ1) is 13.8. The minimum Gasteiger partial charge on any atom is -0.408 e. The number of pyridine rings is 1. The van der Waals surface area contributed by atoms with E-state index < -0.39 is 0 Å². The van der Waals surface area contributed by atoms with Crippen molar-refractivity contribution in [1.82, 2.24) is 29.8 Å². The largest absolute Gasteiger partial charge is 0.408 e. The van der Waals surface area contributed by atoms with Crippen molar-refractivity contribution < 1.29 is 8.81 Å². The first-order valence-corrected chi connectivity index (χ1v) is 9.54. The molecule has 2 aliphatic rings. The van der Waals surface area contributed by atoms with Crippen molar-refractivity contribution in [1.29, 1.82) is 0 Å². The molecule has 142 valence electrons.